The van der Waals surface area contributed by atoms with Gasteiger partial charge in [-0.25, -0.2) is 18.6 Å². The molecule has 0 fully saturated rings. The molecule has 1 heterocycles. The van der Waals surface area contributed by atoms with Gasteiger partial charge < -0.3 is 10.4 Å². The number of nitrogens with zero attached hydrogens (tertiary/aromatic N) is 1. The molecule has 0 bridgehead atoms. The second-order valence-electron chi connectivity index (χ2n) is 4.24. The predicted octanol–water partition coefficient (Wildman–Crippen LogP) is 2.62. The van der Waals surface area contributed by atoms with E-state index in [-0.39, 0.29) is 16.9 Å². The second kappa shape index (κ2) is 5.66. The summed E-state index contributed by atoms with van der Waals surface area (Å²) in [7, 11) is 0. The van der Waals surface area contributed by atoms with Crippen molar-refractivity contribution >= 4 is 17.7 Å². The highest BCUT2D eigenvalue weighted by atomic mass is 19.1. The highest BCUT2D eigenvalue weighted by molar-refractivity contribution is 6.04. The number of carbonyl (C=O) groups is 2. The Morgan fingerprint density at radius 3 is 2.48 bits per heavy atom. The highest BCUT2D eigenvalue weighted by Gasteiger charge is 2.19. The zero-order chi connectivity index (χ0) is 15.6. The number of halogens is 2. The third kappa shape index (κ3) is 3.02. The van der Waals surface area contributed by atoms with Gasteiger partial charge in [-0.15, -0.1) is 0 Å². The average Bonchev–Trinajstić information content (AvgIpc) is 2.44. The molecule has 2 rings (SSSR count). The Morgan fingerprint density at radius 1 is 1.19 bits per heavy atom. The van der Waals surface area contributed by atoms with Gasteiger partial charge >= 0.3 is 5.97 Å². The molecule has 2 N–H and O–H groups in total. The van der Waals surface area contributed by atoms with Crippen LogP contribution in [0.3, 0.4) is 0 Å². The molecule has 1 amide bonds. The van der Waals surface area contributed by atoms with Crippen molar-refractivity contribution in [1.29, 1.82) is 0 Å². The maximum absolute atomic E-state index is 13.8. The van der Waals surface area contributed by atoms with Gasteiger partial charge in [-0.1, -0.05) is 6.07 Å². The Hall–Kier alpha value is -2.83. The Morgan fingerprint density at radius 2 is 1.90 bits per heavy atom. The maximum atomic E-state index is 13.8. The van der Waals surface area contributed by atoms with Gasteiger partial charge in [0.05, 0.1) is 5.56 Å². The lowest BCUT2D eigenvalue weighted by Crippen LogP contribution is -2.17. The second-order valence-corrected chi connectivity index (χ2v) is 4.24. The standard InChI is InChI=1S/C14H10F2N2O3/c1-7-2-4-9(15)11(12(7)16)13(19)18-10-5-3-8(6-17-10)14(20)21/h2-6H,1H3,(H,20,21)(H,17,18,19). The van der Waals surface area contributed by atoms with Crippen molar-refractivity contribution in [3.63, 3.8) is 0 Å². The fraction of sp³-hybridized carbons (Fsp3) is 0.0714. The molecule has 21 heavy (non-hydrogen) atoms. The molecule has 0 atom stereocenters. The van der Waals surface area contributed by atoms with Gasteiger partial charge in [-0.2, -0.15) is 0 Å². The normalized spacial score (nSPS) is 10.2. The third-order valence-corrected chi connectivity index (χ3v) is 2.76. The van der Waals surface area contributed by atoms with Crippen LogP contribution < -0.4 is 5.32 Å². The number of nitrogens with one attached hydrogen (secondary N) is 1. The van der Waals surface area contributed by atoms with Crippen molar-refractivity contribution in [3.05, 3.63) is 58.8 Å². The number of hydrogen-bond donors (Lipinski definition) is 2. The Balaban J connectivity index is 2.26. The van der Waals surface area contributed by atoms with Crippen LogP contribution in [0.25, 0.3) is 0 Å². The van der Waals surface area contributed by atoms with Crippen LogP contribution in [0.15, 0.2) is 30.5 Å². The van der Waals surface area contributed by atoms with Crippen LogP contribution in [-0.2, 0) is 0 Å². The number of aromatic carboxylic acids is 1. The van der Waals surface area contributed by atoms with E-state index < -0.39 is 29.1 Å². The Bertz CT molecular complexity index is 715. The number of hydrogen-bond acceptors (Lipinski definition) is 3. The molecule has 5 nitrogen and oxygen atoms in total. The number of amides is 1. The van der Waals surface area contributed by atoms with E-state index in [1.807, 2.05) is 0 Å². The molecule has 0 unspecified atom stereocenters. The molecular formula is C14H10F2N2O3. The van der Waals surface area contributed by atoms with Crippen molar-refractivity contribution in [2.24, 2.45) is 0 Å². The van der Waals surface area contributed by atoms with Crippen LogP contribution in [0.5, 0.6) is 0 Å². The van der Waals surface area contributed by atoms with Crippen LogP contribution in [0.1, 0.15) is 26.3 Å². The van der Waals surface area contributed by atoms with E-state index in [9.17, 15) is 18.4 Å². The van der Waals surface area contributed by atoms with E-state index in [2.05, 4.69) is 10.3 Å². The largest absolute Gasteiger partial charge is 0.478 e. The Kier molecular flexibility index (Phi) is 3.93. The first-order valence-electron chi connectivity index (χ1n) is 5.85. The summed E-state index contributed by atoms with van der Waals surface area (Å²) in [5.41, 5.74) is -0.643. The fourth-order valence-electron chi connectivity index (χ4n) is 1.64. The summed E-state index contributed by atoms with van der Waals surface area (Å²) in [6.45, 7) is 1.41. The van der Waals surface area contributed by atoms with Gasteiger partial charge in [0.25, 0.3) is 5.91 Å². The molecule has 108 valence electrons. The minimum absolute atomic E-state index is 0.00898. The Labute approximate surface area is 118 Å². The lowest BCUT2D eigenvalue weighted by atomic mass is 10.1. The molecule has 0 aliphatic heterocycles. The zero-order valence-electron chi connectivity index (χ0n) is 10.9. The molecule has 0 saturated carbocycles. The summed E-state index contributed by atoms with van der Waals surface area (Å²) in [5, 5.41) is 10.9. The van der Waals surface area contributed by atoms with E-state index in [1.165, 1.54) is 25.1 Å². The summed E-state index contributed by atoms with van der Waals surface area (Å²) < 4.78 is 27.3. The molecule has 0 aliphatic carbocycles. The maximum Gasteiger partial charge on any atom is 0.337 e. The first-order valence-corrected chi connectivity index (χ1v) is 5.85. The molecule has 2 aromatic rings. The van der Waals surface area contributed by atoms with Crippen molar-refractivity contribution in [3.8, 4) is 0 Å². The summed E-state index contributed by atoms with van der Waals surface area (Å²) >= 11 is 0. The number of aryl methyl sites for hydroxylation is 1. The quantitative estimate of drug-likeness (QED) is 0.911. The smallest absolute Gasteiger partial charge is 0.337 e. The van der Waals surface area contributed by atoms with Gasteiger partial charge in [0.2, 0.25) is 0 Å². The van der Waals surface area contributed by atoms with Gasteiger partial charge in [0.15, 0.2) is 0 Å². The van der Waals surface area contributed by atoms with Crippen molar-refractivity contribution in [1.82, 2.24) is 4.98 Å². The molecule has 0 aliphatic rings. The van der Waals surface area contributed by atoms with E-state index in [4.69, 9.17) is 5.11 Å². The summed E-state index contributed by atoms with van der Waals surface area (Å²) in [6, 6.07) is 4.66. The zero-order valence-corrected chi connectivity index (χ0v) is 10.9. The van der Waals surface area contributed by atoms with Crippen LogP contribution in [-0.4, -0.2) is 22.0 Å². The summed E-state index contributed by atoms with van der Waals surface area (Å²) in [5.74, 6) is -4.11. The average molecular weight is 292 g/mol. The summed E-state index contributed by atoms with van der Waals surface area (Å²) in [6.07, 6.45) is 1.03. The van der Waals surface area contributed by atoms with Crippen LogP contribution in [0.2, 0.25) is 0 Å². The number of pyridine rings is 1. The number of carboxylic acids is 1. The van der Waals surface area contributed by atoms with E-state index >= 15 is 0 Å². The number of carbonyl (C=O) groups excluding carboxylic acids is 1. The van der Waals surface area contributed by atoms with E-state index in [1.54, 1.807) is 0 Å². The van der Waals surface area contributed by atoms with Crippen molar-refractivity contribution < 1.29 is 23.5 Å². The minimum atomic E-state index is -1.17. The topological polar surface area (TPSA) is 79.3 Å². The number of aromatic nitrogens is 1. The predicted molar refractivity (Wildman–Crippen MR) is 70.2 cm³/mol. The molecule has 0 spiro atoms. The number of benzene rings is 1. The van der Waals surface area contributed by atoms with Gasteiger partial charge in [0.1, 0.15) is 23.0 Å². The van der Waals surface area contributed by atoms with Gasteiger partial charge in [-0.05, 0) is 30.7 Å². The highest BCUT2D eigenvalue weighted by Crippen LogP contribution is 2.17. The van der Waals surface area contributed by atoms with Crippen molar-refractivity contribution in [2.75, 3.05) is 5.32 Å². The SMILES string of the molecule is Cc1ccc(F)c(C(=O)Nc2ccc(C(=O)O)cn2)c1F. The first kappa shape index (κ1) is 14.6. The molecule has 7 heteroatoms. The van der Waals surface area contributed by atoms with E-state index in [0.29, 0.717) is 0 Å². The number of rotatable bonds is 3. The van der Waals surface area contributed by atoms with Crippen LogP contribution in [0.4, 0.5) is 14.6 Å². The number of anilines is 1. The number of carboxylic acid groups (broad SMARTS) is 1. The van der Waals surface area contributed by atoms with Crippen LogP contribution in [0, 0.1) is 18.6 Å². The monoisotopic (exact) mass is 292 g/mol. The third-order valence-electron chi connectivity index (χ3n) is 2.76. The molecule has 1 aromatic heterocycles. The van der Waals surface area contributed by atoms with E-state index in [0.717, 1.165) is 12.3 Å². The molecular weight excluding hydrogens is 282 g/mol. The fourth-order valence-corrected chi connectivity index (χ4v) is 1.64. The van der Waals surface area contributed by atoms with Gasteiger partial charge in [-0.3, -0.25) is 4.79 Å². The minimum Gasteiger partial charge on any atom is -0.478 e. The summed E-state index contributed by atoms with van der Waals surface area (Å²) in [4.78, 5) is 26.2. The molecule has 1 aromatic carbocycles. The van der Waals surface area contributed by atoms with Gasteiger partial charge in [0, 0.05) is 6.20 Å². The molecule has 0 radical (unpaired) electrons. The van der Waals surface area contributed by atoms with Crippen LogP contribution >= 0.6 is 0 Å². The molecule has 0 saturated heterocycles. The lowest BCUT2D eigenvalue weighted by molar-refractivity contribution is 0.0696. The lowest BCUT2D eigenvalue weighted by Gasteiger charge is -2.08. The van der Waals surface area contributed by atoms with Crippen molar-refractivity contribution in [2.45, 2.75) is 6.92 Å². The first-order chi connectivity index (χ1) is 9.90.